The quantitative estimate of drug-likeness (QED) is 0.600. The minimum absolute atomic E-state index is 0.124. The van der Waals surface area contributed by atoms with Crippen LogP contribution >= 0.6 is 11.6 Å². The molecular weight excluding hydrogens is 483 g/mol. The molecule has 1 saturated heterocycles. The van der Waals surface area contributed by atoms with Crippen LogP contribution in [-0.2, 0) is 17.5 Å². The van der Waals surface area contributed by atoms with Crippen molar-refractivity contribution in [1.82, 2.24) is 15.1 Å². The van der Waals surface area contributed by atoms with E-state index in [1.165, 1.54) is 11.0 Å². The SMILES string of the molecule is CN(Cc1ccc(Cl)cc1)C(=O)[C@H]1CCCN1C(=O)NC1CCCOc2cc(C(F)(F)F)ccc21. The Morgan fingerprint density at radius 1 is 1.14 bits per heavy atom. The number of alkyl halides is 3. The summed E-state index contributed by atoms with van der Waals surface area (Å²) in [7, 11) is 1.70. The molecule has 188 valence electrons. The van der Waals surface area contributed by atoms with Crippen molar-refractivity contribution in [3.05, 3.63) is 64.2 Å². The highest BCUT2D eigenvalue weighted by Crippen LogP contribution is 2.37. The van der Waals surface area contributed by atoms with Crippen LogP contribution in [0.5, 0.6) is 5.75 Å². The normalized spacial score (nSPS) is 20.0. The van der Waals surface area contributed by atoms with Crippen molar-refractivity contribution in [3.8, 4) is 5.75 Å². The molecule has 1 N–H and O–H groups in total. The van der Waals surface area contributed by atoms with Gasteiger partial charge in [0, 0.05) is 30.7 Å². The number of likely N-dealkylation sites (N-methyl/N-ethyl adjacent to an activating group) is 1. The van der Waals surface area contributed by atoms with Crippen LogP contribution in [0.2, 0.25) is 5.02 Å². The number of urea groups is 1. The first-order valence-corrected chi connectivity index (χ1v) is 11.9. The zero-order chi connectivity index (χ0) is 25.2. The van der Waals surface area contributed by atoms with Crippen LogP contribution in [0.4, 0.5) is 18.0 Å². The van der Waals surface area contributed by atoms with Crippen molar-refractivity contribution in [1.29, 1.82) is 0 Å². The largest absolute Gasteiger partial charge is 0.493 e. The predicted molar refractivity (Wildman–Crippen MR) is 125 cm³/mol. The summed E-state index contributed by atoms with van der Waals surface area (Å²) in [6.45, 7) is 1.08. The van der Waals surface area contributed by atoms with Crippen LogP contribution in [0.3, 0.4) is 0 Å². The summed E-state index contributed by atoms with van der Waals surface area (Å²) < 4.78 is 45.0. The number of amides is 3. The molecule has 0 aromatic heterocycles. The van der Waals surface area contributed by atoms with Gasteiger partial charge in [0.1, 0.15) is 11.8 Å². The maximum Gasteiger partial charge on any atom is 0.416 e. The number of carbonyl (C=O) groups excluding carboxylic acids is 2. The first-order valence-electron chi connectivity index (χ1n) is 11.5. The highest BCUT2D eigenvalue weighted by atomic mass is 35.5. The third-order valence-electron chi connectivity index (χ3n) is 6.42. The molecular formula is C25H27ClF3N3O3. The molecule has 0 aliphatic carbocycles. The van der Waals surface area contributed by atoms with Crippen molar-refractivity contribution in [3.63, 3.8) is 0 Å². The molecule has 2 aromatic rings. The molecule has 6 nitrogen and oxygen atoms in total. The van der Waals surface area contributed by atoms with Crippen LogP contribution in [-0.4, -0.2) is 48.0 Å². The van der Waals surface area contributed by atoms with Gasteiger partial charge in [-0.1, -0.05) is 29.8 Å². The fourth-order valence-corrected chi connectivity index (χ4v) is 4.72. The fourth-order valence-electron chi connectivity index (χ4n) is 4.59. The predicted octanol–water partition coefficient (Wildman–Crippen LogP) is 5.41. The van der Waals surface area contributed by atoms with Crippen molar-refractivity contribution in [2.45, 2.75) is 50.5 Å². The summed E-state index contributed by atoms with van der Waals surface area (Å²) in [5.74, 6) is -0.0357. The molecule has 4 rings (SSSR count). The Morgan fingerprint density at radius 3 is 2.60 bits per heavy atom. The van der Waals surface area contributed by atoms with Gasteiger partial charge in [-0.3, -0.25) is 4.79 Å². The first kappa shape index (κ1) is 25.2. The van der Waals surface area contributed by atoms with Crippen LogP contribution in [0.1, 0.15) is 48.4 Å². The molecule has 0 saturated carbocycles. The van der Waals surface area contributed by atoms with Crippen LogP contribution < -0.4 is 10.1 Å². The van der Waals surface area contributed by atoms with Gasteiger partial charge in [-0.2, -0.15) is 13.2 Å². The van der Waals surface area contributed by atoms with E-state index in [1.807, 2.05) is 12.1 Å². The van der Waals surface area contributed by atoms with Gasteiger partial charge in [-0.25, -0.2) is 4.79 Å². The lowest BCUT2D eigenvalue weighted by molar-refractivity contribution is -0.137. The molecule has 2 aliphatic rings. The number of rotatable bonds is 4. The van der Waals surface area contributed by atoms with Crippen LogP contribution in [0, 0.1) is 0 Å². The Bertz CT molecular complexity index is 1080. The molecule has 0 radical (unpaired) electrons. The summed E-state index contributed by atoms with van der Waals surface area (Å²) in [6, 6.07) is 9.05. The van der Waals surface area contributed by atoms with Crippen molar-refractivity contribution in [2.24, 2.45) is 0 Å². The fraction of sp³-hybridized carbons (Fsp3) is 0.440. The standard InChI is InChI=1S/C25H27ClF3N3O3/c1-31(15-16-6-9-18(26)10-7-16)23(33)21-5-2-12-32(21)24(34)30-20-4-3-13-35-22-14-17(25(27,28)29)8-11-19(20)22/h6-11,14,20-21H,2-5,12-13,15H2,1H3,(H,30,34)/t20?,21-/m1/s1. The average molecular weight is 510 g/mol. The zero-order valence-corrected chi connectivity index (χ0v) is 20.0. The van der Waals surface area contributed by atoms with E-state index in [-0.39, 0.29) is 18.3 Å². The molecule has 2 atom stereocenters. The van der Waals surface area contributed by atoms with E-state index < -0.39 is 29.9 Å². The Hall–Kier alpha value is -2.94. The monoisotopic (exact) mass is 509 g/mol. The first-order chi connectivity index (χ1) is 16.6. The second kappa shape index (κ2) is 10.4. The molecule has 2 aliphatic heterocycles. The summed E-state index contributed by atoms with van der Waals surface area (Å²) in [6.07, 6.45) is -2.14. The highest BCUT2D eigenvalue weighted by Gasteiger charge is 2.37. The van der Waals surface area contributed by atoms with Gasteiger partial charge >= 0.3 is 12.2 Å². The van der Waals surface area contributed by atoms with Crippen molar-refractivity contribution >= 4 is 23.5 Å². The second-order valence-electron chi connectivity index (χ2n) is 8.92. The average Bonchev–Trinajstić information content (AvgIpc) is 3.23. The number of halogens is 4. The Kier molecular flexibility index (Phi) is 7.44. The number of nitrogens with zero attached hydrogens (tertiary/aromatic N) is 2. The third-order valence-corrected chi connectivity index (χ3v) is 6.67. The van der Waals surface area contributed by atoms with Gasteiger partial charge in [-0.05, 0) is 55.5 Å². The van der Waals surface area contributed by atoms with Gasteiger partial charge in [0.15, 0.2) is 0 Å². The van der Waals surface area contributed by atoms with E-state index in [2.05, 4.69) is 5.32 Å². The molecule has 10 heteroatoms. The number of benzene rings is 2. The lowest BCUT2D eigenvalue weighted by Crippen LogP contribution is -2.50. The number of hydrogen-bond donors (Lipinski definition) is 1. The Balaban J connectivity index is 1.45. The number of hydrogen-bond acceptors (Lipinski definition) is 3. The molecule has 1 fully saturated rings. The summed E-state index contributed by atoms with van der Waals surface area (Å²) in [5.41, 5.74) is 0.635. The van der Waals surface area contributed by atoms with E-state index in [1.54, 1.807) is 24.1 Å². The van der Waals surface area contributed by atoms with Gasteiger partial charge in [0.2, 0.25) is 5.91 Å². The van der Waals surface area contributed by atoms with E-state index in [0.717, 1.165) is 17.7 Å². The van der Waals surface area contributed by atoms with Crippen molar-refractivity contribution < 1.29 is 27.5 Å². The van der Waals surface area contributed by atoms with E-state index in [4.69, 9.17) is 16.3 Å². The molecule has 0 spiro atoms. The molecule has 2 heterocycles. The number of nitrogens with one attached hydrogen (secondary N) is 1. The Morgan fingerprint density at radius 2 is 1.89 bits per heavy atom. The number of carbonyl (C=O) groups is 2. The van der Waals surface area contributed by atoms with E-state index in [9.17, 15) is 22.8 Å². The van der Waals surface area contributed by atoms with Gasteiger partial charge in [-0.15, -0.1) is 0 Å². The number of likely N-dealkylation sites (tertiary alicyclic amines) is 1. The van der Waals surface area contributed by atoms with Gasteiger partial charge in [0.25, 0.3) is 0 Å². The topological polar surface area (TPSA) is 61.9 Å². The molecule has 3 amide bonds. The smallest absolute Gasteiger partial charge is 0.416 e. The maximum atomic E-state index is 13.2. The molecule has 0 bridgehead atoms. The molecule has 2 aromatic carbocycles. The van der Waals surface area contributed by atoms with Crippen molar-refractivity contribution in [2.75, 3.05) is 20.2 Å². The van der Waals surface area contributed by atoms with Gasteiger partial charge in [0.05, 0.1) is 18.2 Å². The van der Waals surface area contributed by atoms with E-state index >= 15 is 0 Å². The van der Waals surface area contributed by atoms with Crippen LogP contribution in [0.15, 0.2) is 42.5 Å². The van der Waals surface area contributed by atoms with Crippen LogP contribution in [0.25, 0.3) is 0 Å². The summed E-state index contributed by atoms with van der Waals surface area (Å²) in [5, 5.41) is 3.55. The van der Waals surface area contributed by atoms with E-state index in [0.29, 0.717) is 49.4 Å². The molecule has 35 heavy (non-hydrogen) atoms. The lowest BCUT2D eigenvalue weighted by Gasteiger charge is -2.30. The maximum absolute atomic E-state index is 13.2. The zero-order valence-electron chi connectivity index (χ0n) is 19.3. The summed E-state index contributed by atoms with van der Waals surface area (Å²) >= 11 is 5.93. The minimum Gasteiger partial charge on any atom is -0.493 e. The Labute approximate surface area is 207 Å². The number of ether oxygens (including phenoxy) is 1. The van der Waals surface area contributed by atoms with Gasteiger partial charge < -0.3 is 19.9 Å². The summed E-state index contributed by atoms with van der Waals surface area (Å²) in [4.78, 5) is 29.5. The number of fused-ring (bicyclic) bond motifs is 1. The highest BCUT2D eigenvalue weighted by molar-refractivity contribution is 6.30. The minimum atomic E-state index is -4.48. The lowest BCUT2D eigenvalue weighted by atomic mass is 10.0. The second-order valence-corrected chi connectivity index (χ2v) is 9.35. The third kappa shape index (κ3) is 5.83. The molecule has 1 unspecified atom stereocenters.